The summed E-state index contributed by atoms with van der Waals surface area (Å²) in [6, 6.07) is 9.30. The smallest absolute Gasteiger partial charge is 0.305 e. The first kappa shape index (κ1) is 22.2. The van der Waals surface area contributed by atoms with Crippen molar-refractivity contribution in [3.8, 4) is 11.5 Å². The number of carbonyl (C=O) groups is 2. The van der Waals surface area contributed by atoms with Crippen molar-refractivity contribution >= 4 is 38.5 Å². The summed E-state index contributed by atoms with van der Waals surface area (Å²) >= 11 is 3.30. The first-order valence-electron chi connectivity index (χ1n) is 9.10. The van der Waals surface area contributed by atoms with E-state index in [9.17, 15) is 9.59 Å². The summed E-state index contributed by atoms with van der Waals surface area (Å²) in [5.41, 5.74) is 0.526. The van der Waals surface area contributed by atoms with Crippen LogP contribution in [-0.2, 0) is 14.3 Å². The molecular formula is C21H25BrO6. The number of alkyl halides is 1. The van der Waals surface area contributed by atoms with Gasteiger partial charge in [-0.1, -0.05) is 28.1 Å². The molecule has 0 aromatic heterocycles. The normalized spacial score (nSPS) is 10.7. The lowest BCUT2D eigenvalue weighted by molar-refractivity contribution is -0.140. The van der Waals surface area contributed by atoms with Gasteiger partial charge in [0, 0.05) is 11.8 Å². The highest BCUT2D eigenvalue weighted by atomic mass is 79.9. The molecule has 0 saturated heterocycles. The molecule has 0 spiro atoms. The van der Waals surface area contributed by atoms with Crippen molar-refractivity contribution in [2.45, 2.75) is 19.8 Å². The average Bonchev–Trinajstić information content (AvgIpc) is 2.70. The monoisotopic (exact) mass is 452 g/mol. The molecule has 28 heavy (non-hydrogen) atoms. The summed E-state index contributed by atoms with van der Waals surface area (Å²) in [6.07, 6.45) is 0.861. The Kier molecular flexibility index (Phi) is 9.23. The second-order valence-electron chi connectivity index (χ2n) is 6.06. The van der Waals surface area contributed by atoms with E-state index in [4.69, 9.17) is 14.2 Å². The molecule has 0 aliphatic carbocycles. The highest BCUT2D eigenvalue weighted by Crippen LogP contribution is 2.31. The molecule has 0 bridgehead atoms. The molecule has 0 amide bonds. The van der Waals surface area contributed by atoms with E-state index in [1.165, 1.54) is 14.0 Å². The molecule has 0 fully saturated rings. The molecule has 7 heteroatoms. The summed E-state index contributed by atoms with van der Waals surface area (Å²) in [5.74, 6) is 0.829. The van der Waals surface area contributed by atoms with Crippen molar-refractivity contribution in [1.82, 2.24) is 0 Å². The zero-order valence-electron chi connectivity index (χ0n) is 16.2. The Morgan fingerprint density at radius 3 is 2.50 bits per heavy atom. The molecule has 0 heterocycles. The summed E-state index contributed by atoms with van der Waals surface area (Å²) in [4.78, 5) is 23.4. The van der Waals surface area contributed by atoms with Crippen LogP contribution < -0.4 is 9.47 Å². The Morgan fingerprint density at radius 1 is 1.00 bits per heavy atom. The van der Waals surface area contributed by atoms with Crippen LogP contribution >= 0.6 is 15.9 Å². The SMILES string of the molecule is COC(=O)CCCOc1ccc2ccc(OCCOCCBr)c(C(C)=O)c2c1. The van der Waals surface area contributed by atoms with Gasteiger partial charge in [-0.25, -0.2) is 0 Å². The topological polar surface area (TPSA) is 71.1 Å². The predicted molar refractivity (Wildman–Crippen MR) is 111 cm³/mol. The minimum Gasteiger partial charge on any atom is -0.494 e. The standard InChI is InChI=1S/C21H25BrO6/c1-15(23)21-18-14-17(27-10-3-4-20(24)25-2)7-5-16(18)6-8-19(21)28-13-12-26-11-9-22/h5-8,14H,3-4,9-13H2,1-2H3. The molecule has 0 aliphatic heterocycles. The minimum atomic E-state index is -0.261. The first-order chi connectivity index (χ1) is 13.6. The van der Waals surface area contributed by atoms with Gasteiger partial charge in [-0.3, -0.25) is 9.59 Å². The number of Topliss-reactive ketones (excluding diaryl/α,β-unsaturated/α-hetero) is 1. The van der Waals surface area contributed by atoms with Crippen LogP contribution in [0, 0.1) is 0 Å². The Bertz CT molecular complexity index is 805. The van der Waals surface area contributed by atoms with Crippen LogP contribution in [0.25, 0.3) is 10.8 Å². The lowest BCUT2D eigenvalue weighted by Gasteiger charge is -2.14. The number of carbonyl (C=O) groups excluding carboxylic acids is 2. The Balaban J connectivity index is 2.13. The van der Waals surface area contributed by atoms with Gasteiger partial charge in [0.2, 0.25) is 0 Å². The lowest BCUT2D eigenvalue weighted by atomic mass is 10.0. The van der Waals surface area contributed by atoms with Gasteiger partial charge in [0.1, 0.15) is 18.1 Å². The van der Waals surface area contributed by atoms with Gasteiger partial charge < -0.3 is 18.9 Å². The minimum absolute atomic E-state index is 0.0789. The Morgan fingerprint density at radius 2 is 1.79 bits per heavy atom. The molecule has 2 aromatic carbocycles. The molecule has 0 radical (unpaired) electrons. The van der Waals surface area contributed by atoms with Gasteiger partial charge in [0.25, 0.3) is 0 Å². The summed E-state index contributed by atoms with van der Waals surface area (Å²) in [6.45, 7) is 3.33. The average molecular weight is 453 g/mol. The van der Waals surface area contributed by atoms with Crippen LogP contribution in [0.1, 0.15) is 30.1 Å². The van der Waals surface area contributed by atoms with E-state index in [1.807, 2.05) is 24.3 Å². The van der Waals surface area contributed by atoms with Crippen LogP contribution in [-0.4, -0.2) is 50.6 Å². The maximum absolute atomic E-state index is 12.3. The zero-order valence-corrected chi connectivity index (χ0v) is 17.7. The van der Waals surface area contributed by atoms with Crippen LogP contribution in [0.15, 0.2) is 30.3 Å². The fourth-order valence-electron chi connectivity index (χ4n) is 2.73. The van der Waals surface area contributed by atoms with Crippen molar-refractivity contribution in [2.75, 3.05) is 38.9 Å². The number of rotatable bonds is 12. The van der Waals surface area contributed by atoms with Gasteiger partial charge in [-0.15, -0.1) is 0 Å². The Labute approximate surface area is 173 Å². The molecule has 6 nitrogen and oxygen atoms in total. The van der Waals surface area contributed by atoms with E-state index in [2.05, 4.69) is 20.7 Å². The maximum atomic E-state index is 12.3. The molecule has 0 saturated carbocycles. The van der Waals surface area contributed by atoms with Gasteiger partial charge in [-0.05, 0) is 42.3 Å². The van der Waals surface area contributed by atoms with Crippen molar-refractivity contribution in [3.05, 3.63) is 35.9 Å². The largest absolute Gasteiger partial charge is 0.494 e. The van der Waals surface area contributed by atoms with Crippen LogP contribution in [0.4, 0.5) is 0 Å². The number of hydrogen-bond donors (Lipinski definition) is 0. The number of halogens is 1. The Hall–Kier alpha value is -2.12. The number of ketones is 1. The number of hydrogen-bond acceptors (Lipinski definition) is 6. The fourth-order valence-corrected chi connectivity index (χ4v) is 2.96. The molecule has 152 valence electrons. The maximum Gasteiger partial charge on any atom is 0.305 e. The third-order valence-electron chi connectivity index (χ3n) is 4.04. The summed E-state index contributed by atoms with van der Waals surface area (Å²) < 4.78 is 21.5. The van der Waals surface area contributed by atoms with Crippen LogP contribution in [0.2, 0.25) is 0 Å². The van der Waals surface area contributed by atoms with Crippen molar-refractivity contribution in [3.63, 3.8) is 0 Å². The molecule has 0 N–H and O–H groups in total. The zero-order chi connectivity index (χ0) is 20.4. The van der Waals surface area contributed by atoms with Crippen LogP contribution in [0.5, 0.6) is 11.5 Å². The molecule has 2 aromatic rings. The van der Waals surface area contributed by atoms with Crippen LogP contribution in [0.3, 0.4) is 0 Å². The van der Waals surface area contributed by atoms with E-state index >= 15 is 0 Å². The number of ether oxygens (including phenoxy) is 4. The second-order valence-corrected chi connectivity index (χ2v) is 6.85. The first-order valence-corrected chi connectivity index (χ1v) is 10.2. The molecule has 0 unspecified atom stereocenters. The van der Waals surface area contributed by atoms with Gasteiger partial charge in [-0.2, -0.15) is 0 Å². The highest BCUT2D eigenvalue weighted by Gasteiger charge is 2.14. The number of esters is 1. The number of methoxy groups -OCH3 is 1. The molecule has 2 rings (SSSR count). The van der Waals surface area contributed by atoms with E-state index in [0.29, 0.717) is 56.3 Å². The van der Waals surface area contributed by atoms with Gasteiger partial charge >= 0.3 is 5.97 Å². The van der Waals surface area contributed by atoms with Crippen molar-refractivity contribution < 1.29 is 28.5 Å². The van der Waals surface area contributed by atoms with Gasteiger partial charge in [0.05, 0.1) is 32.5 Å². The van der Waals surface area contributed by atoms with E-state index in [0.717, 1.165) is 16.1 Å². The lowest BCUT2D eigenvalue weighted by Crippen LogP contribution is -2.10. The highest BCUT2D eigenvalue weighted by molar-refractivity contribution is 9.09. The third kappa shape index (κ3) is 6.49. The van der Waals surface area contributed by atoms with Crippen molar-refractivity contribution in [1.29, 1.82) is 0 Å². The van der Waals surface area contributed by atoms with E-state index in [-0.39, 0.29) is 11.8 Å². The number of benzene rings is 2. The molecule has 0 aliphatic rings. The van der Waals surface area contributed by atoms with Gasteiger partial charge in [0.15, 0.2) is 5.78 Å². The van der Waals surface area contributed by atoms with E-state index < -0.39 is 0 Å². The summed E-state index contributed by atoms with van der Waals surface area (Å²) in [7, 11) is 1.36. The second kappa shape index (κ2) is 11.7. The fraction of sp³-hybridized carbons (Fsp3) is 0.429. The quantitative estimate of drug-likeness (QED) is 0.208. The van der Waals surface area contributed by atoms with Crippen molar-refractivity contribution in [2.24, 2.45) is 0 Å². The molecular weight excluding hydrogens is 428 g/mol. The third-order valence-corrected chi connectivity index (χ3v) is 4.36. The number of fused-ring (bicyclic) bond motifs is 1. The predicted octanol–water partition coefficient (Wildman–Crippen LogP) is 4.16. The summed E-state index contributed by atoms with van der Waals surface area (Å²) in [5, 5.41) is 2.47. The molecule has 0 atom stereocenters. The van der Waals surface area contributed by atoms with E-state index in [1.54, 1.807) is 6.07 Å².